The minimum absolute atomic E-state index is 0.209. The topological polar surface area (TPSA) is 52.6 Å². The van der Waals surface area contributed by atoms with Crippen LogP contribution in [-0.4, -0.2) is 26.2 Å². The average Bonchev–Trinajstić information content (AvgIpc) is 2.28. The van der Waals surface area contributed by atoms with Gasteiger partial charge in [-0.3, -0.25) is 9.59 Å². The van der Waals surface area contributed by atoms with E-state index in [4.69, 9.17) is 0 Å². The highest BCUT2D eigenvalue weighted by atomic mass is 16.5. The monoisotopic (exact) mass is 216 g/mol. The first-order valence-electron chi connectivity index (χ1n) is 5.26. The third-order valence-corrected chi connectivity index (χ3v) is 2.62. The van der Waals surface area contributed by atoms with Crippen LogP contribution in [0.2, 0.25) is 0 Å². The lowest BCUT2D eigenvalue weighted by atomic mass is 9.91. The Morgan fingerprint density at radius 3 is 1.47 bits per heavy atom. The third kappa shape index (κ3) is 4.32. The second kappa shape index (κ2) is 7.26. The quantitative estimate of drug-likeness (QED) is 0.635. The number of rotatable bonds is 6. The molecule has 88 valence electrons. The summed E-state index contributed by atoms with van der Waals surface area (Å²) < 4.78 is 9.34. The summed E-state index contributed by atoms with van der Waals surface area (Å²) in [4.78, 5) is 22.7. The molecule has 0 N–H and O–H groups in total. The molecule has 0 spiro atoms. The van der Waals surface area contributed by atoms with Crippen LogP contribution in [-0.2, 0) is 19.1 Å². The molecule has 0 radical (unpaired) electrons. The van der Waals surface area contributed by atoms with Crippen LogP contribution in [0.1, 0.15) is 33.1 Å². The Morgan fingerprint density at radius 1 is 0.933 bits per heavy atom. The van der Waals surface area contributed by atoms with Gasteiger partial charge in [0.15, 0.2) is 0 Å². The Kier molecular flexibility index (Phi) is 6.75. The Balaban J connectivity index is 4.36. The minimum atomic E-state index is -0.250. The van der Waals surface area contributed by atoms with E-state index in [1.807, 2.05) is 13.8 Å². The molecular formula is C11H20O4. The van der Waals surface area contributed by atoms with Gasteiger partial charge in [-0.2, -0.15) is 0 Å². The molecule has 0 bridgehead atoms. The second-order valence-corrected chi connectivity index (χ2v) is 3.49. The molecule has 0 aromatic rings. The van der Waals surface area contributed by atoms with Gasteiger partial charge in [0.25, 0.3) is 0 Å². The number of ether oxygens (including phenoxy) is 2. The third-order valence-electron chi connectivity index (χ3n) is 2.62. The molecule has 2 atom stereocenters. The molecule has 4 heteroatoms. The van der Waals surface area contributed by atoms with Gasteiger partial charge in [0.05, 0.1) is 26.1 Å². The normalized spacial score (nSPS) is 14.1. The lowest BCUT2D eigenvalue weighted by Crippen LogP contribution is -2.24. The number of methoxy groups -OCH3 is 2. The molecule has 0 saturated heterocycles. The molecule has 15 heavy (non-hydrogen) atoms. The largest absolute Gasteiger partial charge is 0.469 e. The zero-order valence-corrected chi connectivity index (χ0v) is 9.91. The van der Waals surface area contributed by atoms with Crippen LogP contribution in [0.4, 0.5) is 0 Å². The Bertz CT molecular complexity index is 191. The molecule has 0 aromatic carbocycles. The van der Waals surface area contributed by atoms with Crippen molar-refractivity contribution in [3.8, 4) is 0 Å². The zero-order valence-electron chi connectivity index (χ0n) is 9.91. The highest BCUT2D eigenvalue weighted by Gasteiger charge is 2.25. The van der Waals surface area contributed by atoms with Crippen molar-refractivity contribution in [3.05, 3.63) is 0 Å². The van der Waals surface area contributed by atoms with E-state index in [2.05, 4.69) is 9.47 Å². The van der Waals surface area contributed by atoms with Gasteiger partial charge >= 0.3 is 11.9 Å². The first-order valence-corrected chi connectivity index (χ1v) is 5.26. The van der Waals surface area contributed by atoms with Gasteiger partial charge in [-0.25, -0.2) is 0 Å². The Labute approximate surface area is 90.9 Å². The number of carbonyl (C=O) groups is 2. The summed E-state index contributed by atoms with van der Waals surface area (Å²) in [6.07, 6.45) is 1.87. The smallest absolute Gasteiger partial charge is 0.308 e. The summed E-state index contributed by atoms with van der Waals surface area (Å²) in [5.41, 5.74) is 0. The van der Waals surface area contributed by atoms with Crippen molar-refractivity contribution in [2.75, 3.05) is 14.2 Å². The van der Waals surface area contributed by atoms with Crippen LogP contribution in [0.3, 0.4) is 0 Å². The van der Waals surface area contributed by atoms with E-state index in [9.17, 15) is 9.59 Å². The number of hydrogen-bond acceptors (Lipinski definition) is 4. The summed E-state index contributed by atoms with van der Waals surface area (Å²) in [5, 5.41) is 0. The van der Waals surface area contributed by atoms with Gasteiger partial charge in [0.1, 0.15) is 0 Å². The lowest BCUT2D eigenvalue weighted by molar-refractivity contribution is -0.149. The van der Waals surface area contributed by atoms with Gasteiger partial charge in [-0.05, 0) is 19.3 Å². The van der Waals surface area contributed by atoms with Crippen molar-refractivity contribution in [3.63, 3.8) is 0 Å². The fourth-order valence-corrected chi connectivity index (χ4v) is 1.54. The molecule has 2 unspecified atom stereocenters. The molecule has 0 aliphatic rings. The van der Waals surface area contributed by atoms with Crippen molar-refractivity contribution in [1.82, 2.24) is 0 Å². The van der Waals surface area contributed by atoms with E-state index in [1.165, 1.54) is 14.2 Å². The van der Waals surface area contributed by atoms with Crippen molar-refractivity contribution < 1.29 is 19.1 Å². The summed E-state index contributed by atoms with van der Waals surface area (Å²) >= 11 is 0. The molecule has 0 fully saturated rings. The Hall–Kier alpha value is -1.06. The summed E-state index contributed by atoms with van der Waals surface area (Å²) in [6, 6.07) is 0. The van der Waals surface area contributed by atoms with E-state index >= 15 is 0 Å². The Morgan fingerprint density at radius 2 is 1.27 bits per heavy atom. The fraction of sp³-hybridized carbons (Fsp3) is 0.818. The van der Waals surface area contributed by atoms with E-state index in [-0.39, 0.29) is 23.8 Å². The fourth-order valence-electron chi connectivity index (χ4n) is 1.54. The summed E-state index contributed by atoms with van der Waals surface area (Å²) in [5.74, 6) is -0.919. The molecule has 4 nitrogen and oxygen atoms in total. The predicted octanol–water partition coefficient (Wildman–Crippen LogP) is 1.77. The molecule has 0 heterocycles. The highest BCUT2D eigenvalue weighted by Crippen LogP contribution is 2.20. The van der Waals surface area contributed by atoms with Crippen molar-refractivity contribution in [2.45, 2.75) is 33.1 Å². The van der Waals surface area contributed by atoms with Crippen LogP contribution in [0.15, 0.2) is 0 Å². The van der Waals surface area contributed by atoms with Crippen molar-refractivity contribution >= 4 is 11.9 Å². The van der Waals surface area contributed by atoms with Gasteiger partial charge < -0.3 is 9.47 Å². The van der Waals surface area contributed by atoms with E-state index < -0.39 is 0 Å². The maximum absolute atomic E-state index is 11.3. The van der Waals surface area contributed by atoms with Crippen molar-refractivity contribution in [1.29, 1.82) is 0 Å². The van der Waals surface area contributed by atoms with Gasteiger partial charge in [0.2, 0.25) is 0 Å². The van der Waals surface area contributed by atoms with Gasteiger partial charge in [0, 0.05) is 0 Å². The van der Waals surface area contributed by atoms with Gasteiger partial charge in [-0.15, -0.1) is 0 Å². The van der Waals surface area contributed by atoms with Crippen LogP contribution < -0.4 is 0 Å². The van der Waals surface area contributed by atoms with Gasteiger partial charge in [-0.1, -0.05) is 13.8 Å². The molecule has 0 rings (SSSR count). The molecule has 0 amide bonds. The summed E-state index contributed by atoms with van der Waals surface area (Å²) in [7, 11) is 2.73. The SMILES string of the molecule is CCC(CC(CC)C(=O)OC)C(=O)OC. The van der Waals surface area contributed by atoms with Crippen LogP contribution in [0.25, 0.3) is 0 Å². The lowest BCUT2D eigenvalue weighted by Gasteiger charge is -2.17. The van der Waals surface area contributed by atoms with Crippen LogP contribution >= 0.6 is 0 Å². The number of esters is 2. The maximum Gasteiger partial charge on any atom is 0.308 e. The predicted molar refractivity (Wildman–Crippen MR) is 56.2 cm³/mol. The van der Waals surface area contributed by atoms with E-state index in [0.717, 1.165) is 0 Å². The van der Waals surface area contributed by atoms with E-state index in [1.54, 1.807) is 0 Å². The highest BCUT2D eigenvalue weighted by molar-refractivity contribution is 5.75. The first kappa shape index (κ1) is 13.9. The van der Waals surface area contributed by atoms with Crippen molar-refractivity contribution in [2.24, 2.45) is 11.8 Å². The molecule has 0 aliphatic carbocycles. The molecular weight excluding hydrogens is 196 g/mol. The minimum Gasteiger partial charge on any atom is -0.469 e. The number of hydrogen-bond donors (Lipinski definition) is 0. The maximum atomic E-state index is 11.3. The summed E-state index contributed by atoms with van der Waals surface area (Å²) in [6.45, 7) is 3.82. The molecule has 0 aromatic heterocycles. The van der Waals surface area contributed by atoms with E-state index in [0.29, 0.717) is 19.3 Å². The molecule has 0 aliphatic heterocycles. The van der Waals surface area contributed by atoms with Crippen LogP contribution in [0, 0.1) is 11.8 Å². The second-order valence-electron chi connectivity index (χ2n) is 3.49. The zero-order chi connectivity index (χ0) is 11.8. The van der Waals surface area contributed by atoms with Crippen LogP contribution in [0.5, 0.6) is 0 Å². The average molecular weight is 216 g/mol. The standard InChI is InChI=1S/C11H20O4/c1-5-8(10(12)14-3)7-9(6-2)11(13)15-4/h8-9H,5-7H2,1-4H3. The number of carbonyl (C=O) groups excluding carboxylic acids is 2. The molecule has 0 saturated carbocycles. The first-order chi connectivity index (χ1) is 7.10.